The molecule has 0 aliphatic heterocycles. The van der Waals surface area contributed by atoms with Crippen LogP contribution in [-0.2, 0) is 11.5 Å². The number of hydrogen-bond acceptors (Lipinski definition) is 2. The number of para-hydroxylation sites is 1. The molecule has 0 N–H and O–H groups in total. The van der Waals surface area contributed by atoms with Crippen molar-refractivity contribution in [3.8, 4) is 0 Å². The molecule has 0 aliphatic carbocycles. The Morgan fingerprint density at radius 3 is 2.84 bits per heavy atom. The number of nitrogens with zero attached hydrogens (tertiary/aromatic N) is 2. The molecule has 0 saturated carbocycles. The summed E-state index contributed by atoms with van der Waals surface area (Å²) in [5.41, 5.74) is 1.80. The molecule has 0 unspecified atom stereocenters. The van der Waals surface area contributed by atoms with E-state index in [0.29, 0.717) is 23.5 Å². The average Bonchev–Trinajstić information content (AvgIpc) is 2.70. The van der Waals surface area contributed by atoms with Gasteiger partial charge in [-0.1, -0.05) is 41.4 Å². The van der Waals surface area contributed by atoms with Gasteiger partial charge in [-0.3, -0.25) is 0 Å². The molecule has 5 heteroatoms. The van der Waals surface area contributed by atoms with E-state index in [1.807, 2.05) is 35.8 Å². The lowest BCUT2D eigenvalue weighted by Gasteiger charge is -2.06. The van der Waals surface area contributed by atoms with E-state index in [2.05, 4.69) is 4.98 Å². The molecule has 0 fully saturated rings. The van der Waals surface area contributed by atoms with Crippen LogP contribution in [0.3, 0.4) is 0 Å². The van der Waals surface area contributed by atoms with Gasteiger partial charge in [0.15, 0.2) is 0 Å². The molecular formula is C14H12Cl2N2O. The number of hydrogen-bond donors (Lipinski definition) is 0. The highest BCUT2D eigenvalue weighted by molar-refractivity contribution is 6.39. The summed E-state index contributed by atoms with van der Waals surface area (Å²) in [6, 6.07) is 9.70. The van der Waals surface area contributed by atoms with Crippen molar-refractivity contribution in [1.82, 2.24) is 9.55 Å². The molecule has 0 aliphatic rings. The number of aromatic nitrogens is 2. The Balaban J connectivity index is 2.41. The minimum absolute atomic E-state index is 0.387. The lowest BCUT2D eigenvalue weighted by atomic mass is 10.2. The fourth-order valence-electron chi connectivity index (χ4n) is 2.27. The third kappa shape index (κ3) is 2.08. The van der Waals surface area contributed by atoms with Gasteiger partial charge in [0, 0.05) is 17.4 Å². The molecule has 3 aromatic rings. The minimum Gasteiger partial charge on any atom is -0.361 e. The van der Waals surface area contributed by atoms with E-state index in [1.165, 1.54) is 0 Å². The van der Waals surface area contributed by atoms with E-state index >= 15 is 0 Å². The van der Waals surface area contributed by atoms with Crippen LogP contribution in [0.15, 0.2) is 30.3 Å². The summed E-state index contributed by atoms with van der Waals surface area (Å²) >= 11 is 12.3. The fraction of sp³-hybridized carbons (Fsp3) is 0.214. The number of ether oxygens (including phenoxy) is 1. The maximum Gasteiger partial charge on any atom is 0.146 e. The van der Waals surface area contributed by atoms with Gasteiger partial charge >= 0.3 is 0 Å². The van der Waals surface area contributed by atoms with Gasteiger partial charge in [-0.05, 0) is 19.1 Å². The van der Waals surface area contributed by atoms with Crippen LogP contribution in [0.4, 0.5) is 0 Å². The van der Waals surface area contributed by atoms with Crippen LogP contribution in [0.5, 0.6) is 0 Å². The van der Waals surface area contributed by atoms with Gasteiger partial charge in [-0.15, -0.1) is 0 Å². The second-order valence-electron chi connectivity index (χ2n) is 4.19. The van der Waals surface area contributed by atoms with E-state index in [-0.39, 0.29) is 0 Å². The van der Waals surface area contributed by atoms with Crippen LogP contribution in [0.1, 0.15) is 6.92 Å². The van der Waals surface area contributed by atoms with Gasteiger partial charge in [0.1, 0.15) is 17.5 Å². The van der Waals surface area contributed by atoms with Crippen LogP contribution in [-0.4, -0.2) is 16.2 Å². The first-order chi connectivity index (χ1) is 9.22. The molecule has 19 heavy (non-hydrogen) atoms. The maximum absolute atomic E-state index is 6.31. The predicted octanol–water partition coefficient (Wildman–Crippen LogP) is 4.49. The zero-order chi connectivity index (χ0) is 13.4. The monoisotopic (exact) mass is 294 g/mol. The molecule has 0 spiro atoms. The van der Waals surface area contributed by atoms with Gasteiger partial charge in [-0.25, -0.2) is 4.98 Å². The highest BCUT2D eigenvalue weighted by Gasteiger charge is 2.15. The van der Waals surface area contributed by atoms with Crippen molar-refractivity contribution in [2.24, 2.45) is 0 Å². The zero-order valence-electron chi connectivity index (χ0n) is 10.4. The van der Waals surface area contributed by atoms with Crippen molar-refractivity contribution in [1.29, 1.82) is 0 Å². The molecule has 3 rings (SSSR count). The lowest BCUT2D eigenvalue weighted by molar-refractivity contribution is 0.0932. The number of halogens is 2. The Labute approximate surface area is 120 Å². The molecule has 0 saturated heterocycles. The molecule has 1 aromatic carbocycles. The summed E-state index contributed by atoms with van der Waals surface area (Å²) in [5, 5.41) is 2.98. The van der Waals surface area contributed by atoms with Crippen molar-refractivity contribution in [3.05, 3.63) is 40.5 Å². The summed E-state index contributed by atoms with van der Waals surface area (Å²) in [6.07, 6.45) is 0. The first-order valence-electron chi connectivity index (χ1n) is 6.03. The number of rotatable bonds is 3. The summed E-state index contributed by atoms with van der Waals surface area (Å²) < 4.78 is 7.50. The highest BCUT2D eigenvalue weighted by atomic mass is 35.5. The molecule has 2 aromatic heterocycles. The maximum atomic E-state index is 6.31. The molecule has 0 bridgehead atoms. The van der Waals surface area contributed by atoms with E-state index in [9.17, 15) is 0 Å². The topological polar surface area (TPSA) is 27.1 Å². The normalized spacial score (nSPS) is 11.5. The second-order valence-corrected chi connectivity index (χ2v) is 4.99. The van der Waals surface area contributed by atoms with Crippen LogP contribution in [0, 0.1) is 0 Å². The van der Waals surface area contributed by atoms with Gasteiger partial charge in [0.05, 0.1) is 10.5 Å². The number of fused-ring (bicyclic) bond motifs is 3. The predicted molar refractivity (Wildman–Crippen MR) is 78.9 cm³/mol. The first-order valence-corrected chi connectivity index (χ1v) is 6.78. The Bertz CT molecular complexity index is 752. The van der Waals surface area contributed by atoms with Crippen LogP contribution in [0.2, 0.25) is 10.2 Å². The smallest absolute Gasteiger partial charge is 0.146 e. The number of benzene rings is 1. The average molecular weight is 295 g/mol. The SMILES string of the molecule is CCOCn1c2ccccc2c2c(Cl)cc(Cl)nc21. The largest absolute Gasteiger partial charge is 0.361 e. The van der Waals surface area contributed by atoms with Crippen LogP contribution >= 0.6 is 23.2 Å². The molecule has 3 nitrogen and oxygen atoms in total. The third-order valence-corrected chi connectivity index (χ3v) is 3.56. The second kappa shape index (κ2) is 5.00. The first kappa shape index (κ1) is 12.7. The Kier molecular flexibility index (Phi) is 3.35. The quantitative estimate of drug-likeness (QED) is 0.666. The summed E-state index contributed by atoms with van der Waals surface area (Å²) in [4.78, 5) is 4.39. The molecule has 0 radical (unpaired) electrons. The molecule has 98 valence electrons. The standard InChI is InChI=1S/C14H12Cl2N2O/c1-2-19-8-18-11-6-4-3-5-9(11)13-10(15)7-12(16)17-14(13)18/h3-7H,2,8H2,1H3. The van der Waals surface area contributed by atoms with E-state index in [1.54, 1.807) is 6.07 Å². The van der Waals surface area contributed by atoms with Crippen LogP contribution in [0.25, 0.3) is 21.9 Å². The Morgan fingerprint density at radius 2 is 2.05 bits per heavy atom. The van der Waals surface area contributed by atoms with Crippen molar-refractivity contribution in [2.45, 2.75) is 13.7 Å². The van der Waals surface area contributed by atoms with Gasteiger partial charge < -0.3 is 9.30 Å². The van der Waals surface area contributed by atoms with Gasteiger partial charge in [-0.2, -0.15) is 0 Å². The minimum atomic E-state index is 0.387. The van der Waals surface area contributed by atoms with Crippen molar-refractivity contribution in [2.75, 3.05) is 6.61 Å². The van der Waals surface area contributed by atoms with Gasteiger partial charge in [0.25, 0.3) is 0 Å². The van der Waals surface area contributed by atoms with Crippen molar-refractivity contribution >= 4 is 45.1 Å². The molecular weight excluding hydrogens is 283 g/mol. The third-order valence-electron chi connectivity index (χ3n) is 3.07. The van der Waals surface area contributed by atoms with E-state index in [4.69, 9.17) is 27.9 Å². The zero-order valence-corrected chi connectivity index (χ0v) is 11.9. The Morgan fingerprint density at radius 1 is 1.26 bits per heavy atom. The fourth-order valence-corrected chi connectivity index (χ4v) is 2.80. The van der Waals surface area contributed by atoms with Crippen molar-refractivity contribution < 1.29 is 4.74 Å². The van der Waals surface area contributed by atoms with Gasteiger partial charge in [0.2, 0.25) is 0 Å². The van der Waals surface area contributed by atoms with E-state index < -0.39 is 0 Å². The number of pyridine rings is 1. The molecule has 2 heterocycles. The molecule has 0 amide bonds. The van der Waals surface area contributed by atoms with Crippen LogP contribution < -0.4 is 0 Å². The van der Waals surface area contributed by atoms with E-state index in [0.717, 1.165) is 21.9 Å². The molecule has 0 atom stereocenters. The summed E-state index contributed by atoms with van der Waals surface area (Å²) in [5.74, 6) is 0. The Hall–Kier alpha value is -1.29. The summed E-state index contributed by atoms with van der Waals surface area (Å²) in [7, 11) is 0. The lowest BCUT2D eigenvalue weighted by Crippen LogP contribution is -2.02. The van der Waals surface area contributed by atoms with Crippen molar-refractivity contribution in [3.63, 3.8) is 0 Å². The highest BCUT2D eigenvalue weighted by Crippen LogP contribution is 2.34. The summed E-state index contributed by atoms with van der Waals surface area (Å²) in [6.45, 7) is 3.04.